The minimum atomic E-state index is -2.02. The van der Waals surface area contributed by atoms with Gasteiger partial charge >= 0.3 is 17.9 Å². The molecule has 1 aromatic heterocycles. The Labute approximate surface area is 548 Å². The van der Waals surface area contributed by atoms with Crippen LogP contribution >= 0.6 is 0 Å². The maximum Gasteiger partial charge on any atom is 0.326 e. The van der Waals surface area contributed by atoms with Crippen molar-refractivity contribution in [3.63, 3.8) is 0 Å². The maximum atomic E-state index is 14.5. The van der Waals surface area contributed by atoms with Gasteiger partial charge in [-0.2, -0.15) is 0 Å². The number of aliphatic carboxylic acids is 3. The van der Waals surface area contributed by atoms with E-state index in [0.717, 1.165) is 4.90 Å². The van der Waals surface area contributed by atoms with E-state index in [-0.39, 0.29) is 50.8 Å². The van der Waals surface area contributed by atoms with Crippen LogP contribution in [-0.4, -0.2) is 192 Å². The number of likely N-dealkylation sites (tertiary alicyclic amines) is 1. The average molecular weight is 1330 g/mol. The number of carbonyl (C=O) groups is 14. The van der Waals surface area contributed by atoms with Crippen molar-refractivity contribution in [1.82, 2.24) is 52.4 Å². The number of carboxylic acid groups (broad SMARTS) is 3. The van der Waals surface area contributed by atoms with Crippen LogP contribution in [0.1, 0.15) is 73.6 Å². The Balaban J connectivity index is 1.24. The molecule has 0 radical (unpaired) electrons. The number of aromatic amines is 1. The molecule has 5 aromatic rings. The van der Waals surface area contributed by atoms with Gasteiger partial charge in [-0.1, -0.05) is 91.0 Å². The molecule has 0 spiro atoms. The first-order chi connectivity index (χ1) is 45.7. The number of carboxylic acids is 3. The van der Waals surface area contributed by atoms with Gasteiger partial charge in [0, 0.05) is 62.2 Å². The third kappa shape index (κ3) is 22.5. The van der Waals surface area contributed by atoms with E-state index < -0.39 is 182 Å². The molecule has 20 N–H and O–H groups in total. The molecule has 32 heteroatoms. The number of aromatic hydroxyl groups is 1. The lowest BCUT2D eigenvalue weighted by Crippen LogP contribution is -2.62. The predicted molar refractivity (Wildman–Crippen MR) is 338 cm³/mol. The van der Waals surface area contributed by atoms with Crippen LogP contribution in [0, 0.1) is 0 Å². The molecule has 1 aliphatic heterocycles. The predicted octanol–water partition coefficient (Wildman–Crippen LogP) is -3.10. The van der Waals surface area contributed by atoms with Gasteiger partial charge in [0.15, 0.2) is 0 Å². The second-order valence-corrected chi connectivity index (χ2v) is 22.8. The number of nitrogens with zero attached hydrogens (tertiary/aromatic N) is 1. The summed E-state index contributed by atoms with van der Waals surface area (Å²) in [6.45, 7) is -1.05. The number of nitrogens with one attached hydrogen (secondary N) is 9. The number of para-hydroxylation sites is 1. The number of primary amides is 2. The number of benzene rings is 4. The van der Waals surface area contributed by atoms with Gasteiger partial charge in [0.2, 0.25) is 65.0 Å². The van der Waals surface area contributed by atoms with Crippen molar-refractivity contribution in [2.75, 3.05) is 13.2 Å². The summed E-state index contributed by atoms with van der Waals surface area (Å²) >= 11 is 0. The van der Waals surface area contributed by atoms with Crippen LogP contribution in [0.5, 0.6) is 5.75 Å². The van der Waals surface area contributed by atoms with Gasteiger partial charge in [-0.3, -0.25) is 62.3 Å². The number of rotatable bonds is 37. The van der Waals surface area contributed by atoms with E-state index in [1.807, 2.05) is 0 Å². The molecule has 1 aliphatic rings. The van der Waals surface area contributed by atoms with Crippen LogP contribution < -0.4 is 59.7 Å². The smallest absolute Gasteiger partial charge is 0.326 e. The number of hydrogen-bond donors (Lipinski definition) is 17. The number of aliphatic hydroxyl groups excluding tert-OH is 1. The number of aromatic nitrogens is 1. The van der Waals surface area contributed by atoms with Crippen molar-refractivity contribution in [3.8, 4) is 5.75 Å². The van der Waals surface area contributed by atoms with Gasteiger partial charge in [-0.25, -0.2) is 4.79 Å². The quantitative estimate of drug-likeness (QED) is 0.0187. The molecule has 96 heavy (non-hydrogen) atoms. The minimum absolute atomic E-state index is 0.0810. The molecule has 1 fully saturated rings. The minimum Gasteiger partial charge on any atom is -0.508 e. The van der Waals surface area contributed by atoms with Gasteiger partial charge in [0.1, 0.15) is 60.1 Å². The molecule has 32 nitrogen and oxygen atoms in total. The number of nitrogens with two attached hydrogens (primary N) is 3. The summed E-state index contributed by atoms with van der Waals surface area (Å²) in [6.07, 6.45) is -3.31. The van der Waals surface area contributed by atoms with Gasteiger partial charge in [0.25, 0.3) is 0 Å². The molecule has 1 saturated heterocycles. The first-order valence-corrected chi connectivity index (χ1v) is 30.4. The zero-order valence-electron chi connectivity index (χ0n) is 51.8. The summed E-state index contributed by atoms with van der Waals surface area (Å²) in [5, 5.41) is 69.1. The third-order valence-electron chi connectivity index (χ3n) is 15.6. The second kappa shape index (κ2) is 35.7. The van der Waals surface area contributed by atoms with Crippen LogP contribution in [0.4, 0.5) is 0 Å². The first kappa shape index (κ1) is 73.8. The summed E-state index contributed by atoms with van der Waals surface area (Å²) in [4.78, 5) is 192. The number of hydrogen-bond acceptors (Lipinski definition) is 17. The summed E-state index contributed by atoms with van der Waals surface area (Å²) in [5.74, 6) is -16.5. The molecular formula is C64H77N13O19. The Hall–Kier alpha value is -11.3. The van der Waals surface area contributed by atoms with Crippen molar-refractivity contribution in [3.05, 3.63) is 138 Å². The Morgan fingerprint density at radius 1 is 0.479 bits per heavy atom. The van der Waals surface area contributed by atoms with Crippen molar-refractivity contribution in [2.24, 2.45) is 17.2 Å². The lowest BCUT2D eigenvalue weighted by molar-refractivity contribution is -0.149. The standard InChI is InChI=1S/C64H77N13O19/c65-40(21-23-53(82)83)55(86)69-42(22-24-54(84)85)56(87)72-45(29-37-32-68-41-15-8-7-14-39(37)41)59(90)73-47(31-52(67)81)61(92)74-46(30-51(66)80)60(91)70-43(26-34-10-3-1-4-11-34)58(89)76-49(33-78)62(93)71-44(27-36-17-19-38(79)20-18-36)57(88)75-48(28-35-12-5-2-6-13-35)63(94)77-25-9-16-50(77)64(95)96/h1-8,10-15,17-20,32,40,42-50,68,78-79H,9,16,21-31,33,65H2,(H2,66,80)(H2,67,81)(H,69,86)(H,70,91)(H,71,93)(H,72,87)(H,73,90)(H,74,92)(H,75,88)(H,76,89)(H,82,83)(H,84,85)(H,95,96)/t40-,42-,43-,44-,45-,46-,47-,48-,49-,50-/m0/s1. The molecule has 10 atom stereocenters. The van der Waals surface area contributed by atoms with Crippen LogP contribution in [0.15, 0.2) is 115 Å². The topological polar surface area (TPSA) is 533 Å². The highest BCUT2D eigenvalue weighted by molar-refractivity contribution is 6.01. The molecule has 0 bridgehead atoms. The van der Waals surface area contributed by atoms with Crippen LogP contribution in [0.2, 0.25) is 0 Å². The Kier molecular flexibility index (Phi) is 27.4. The van der Waals surface area contributed by atoms with E-state index in [1.54, 1.807) is 84.9 Å². The van der Waals surface area contributed by atoms with Gasteiger partial charge in [0.05, 0.1) is 25.5 Å². The van der Waals surface area contributed by atoms with E-state index in [2.05, 4.69) is 47.5 Å². The largest absolute Gasteiger partial charge is 0.508 e. The normalized spacial score (nSPS) is 15.4. The number of fused-ring (bicyclic) bond motifs is 1. The van der Waals surface area contributed by atoms with Crippen molar-refractivity contribution >= 4 is 93.8 Å². The summed E-state index contributed by atoms with van der Waals surface area (Å²) < 4.78 is 0. The molecule has 0 saturated carbocycles. The lowest BCUT2D eigenvalue weighted by atomic mass is 10.0. The number of amides is 11. The second-order valence-electron chi connectivity index (χ2n) is 22.8. The fraction of sp³-hybridized carbons (Fsp3) is 0.375. The van der Waals surface area contributed by atoms with Crippen LogP contribution in [-0.2, 0) is 92.8 Å². The molecule has 0 unspecified atom stereocenters. The summed E-state index contributed by atoms with van der Waals surface area (Å²) in [5.41, 5.74) is 19.3. The number of phenolic OH excluding ortho intramolecular Hbond substituents is 1. The van der Waals surface area contributed by atoms with Crippen molar-refractivity contribution < 1.29 is 92.7 Å². The van der Waals surface area contributed by atoms with E-state index in [4.69, 9.17) is 22.3 Å². The van der Waals surface area contributed by atoms with E-state index in [1.165, 1.54) is 30.5 Å². The SMILES string of the molecule is NC(=O)C[C@H](NC(=O)[C@H](CC(N)=O)NC(=O)[C@H](Cc1c[nH]c2ccccc12)NC(=O)[C@H](CCC(=O)O)NC(=O)[C@@H](N)CCC(=O)O)C(=O)N[C@@H](Cc1ccccc1)C(=O)N[C@@H](CO)C(=O)N[C@@H](Cc1ccc(O)cc1)C(=O)N[C@@H](Cc1ccccc1)C(=O)N1CCC[C@H]1C(=O)O. The Morgan fingerprint density at radius 3 is 1.39 bits per heavy atom. The van der Waals surface area contributed by atoms with E-state index >= 15 is 0 Å². The van der Waals surface area contributed by atoms with Crippen molar-refractivity contribution in [2.45, 2.75) is 137 Å². The molecule has 512 valence electrons. The Bertz CT molecular complexity index is 3630. The fourth-order valence-electron chi connectivity index (χ4n) is 10.5. The number of H-pyrrole nitrogens is 1. The van der Waals surface area contributed by atoms with Crippen LogP contribution in [0.25, 0.3) is 10.9 Å². The highest BCUT2D eigenvalue weighted by Crippen LogP contribution is 2.22. The first-order valence-electron chi connectivity index (χ1n) is 30.4. The van der Waals surface area contributed by atoms with Gasteiger partial charge < -0.3 is 95.2 Å². The highest BCUT2D eigenvalue weighted by Gasteiger charge is 2.40. The molecule has 11 amide bonds. The third-order valence-corrected chi connectivity index (χ3v) is 15.6. The number of phenols is 1. The maximum absolute atomic E-state index is 14.5. The Morgan fingerprint density at radius 2 is 0.885 bits per heavy atom. The average Bonchev–Trinajstić information content (AvgIpc) is 1.59. The number of aliphatic hydroxyl groups is 1. The van der Waals surface area contributed by atoms with Crippen molar-refractivity contribution in [1.29, 1.82) is 0 Å². The van der Waals surface area contributed by atoms with Gasteiger partial charge in [-0.15, -0.1) is 0 Å². The monoisotopic (exact) mass is 1330 g/mol. The zero-order valence-corrected chi connectivity index (χ0v) is 51.8. The zero-order chi connectivity index (χ0) is 70.2. The van der Waals surface area contributed by atoms with E-state index in [0.29, 0.717) is 39.6 Å². The molecule has 2 heterocycles. The molecule has 4 aromatic carbocycles. The lowest BCUT2D eigenvalue weighted by Gasteiger charge is -2.29. The number of carbonyl (C=O) groups excluding carboxylic acids is 11. The summed E-state index contributed by atoms with van der Waals surface area (Å²) in [6, 6.07) is 11.9. The molecule has 0 aliphatic carbocycles. The fourth-order valence-corrected chi connectivity index (χ4v) is 10.5. The molecular weight excluding hydrogens is 1250 g/mol. The van der Waals surface area contributed by atoms with Crippen LogP contribution in [0.3, 0.4) is 0 Å². The highest BCUT2D eigenvalue weighted by atomic mass is 16.4. The van der Waals surface area contributed by atoms with Gasteiger partial charge in [-0.05, 0) is 66.1 Å². The molecule has 6 rings (SSSR count). The van der Waals surface area contributed by atoms with E-state index in [9.17, 15) is 87.5 Å². The summed E-state index contributed by atoms with van der Waals surface area (Å²) in [7, 11) is 0.